The fourth-order valence-corrected chi connectivity index (χ4v) is 2.13. The van der Waals surface area contributed by atoms with Gasteiger partial charge in [0.15, 0.2) is 0 Å². The Hall–Kier alpha value is -0.0400. The van der Waals surface area contributed by atoms with E-state index in [1.54, 1.807) is 0 Å². The molecule has 0 radical (unpaired) electrons. The standard InChI is InChI=1S/C13H29N/c1-4-6-7-8-10-12(3)13(11-14)9-5-2/h12-13H,4-11,14H2,1-3H3. The van der Waals surface area contributed by atoms with Crippen LogP contribution >= 0.6 is 0 Å². The van der Waals surface area contributed by atoms with Crippen molar-refractivity contribution in [1.29, 1.82) is 0 Å². The largest absolute Gasteiger partial charge is 0.330 e. The molecule has 2 N–H and O–H groups in total. The first-order valence-electron chi connectivity index (χ1n) is 6.46. The van der Waals surface area contributed by atoms with Crippen molar-refractivity contribution in [3.63, 3.8) is 0 Å². The average Bonchev–Trinajstić information content (AvgIpc) is 2.20. The van der Waals surface area contributed by atoms with Gasteiger partial charge in [-0.25, -0.2) is 0 Å². The second-order valence-electron chi connectivity index (χ2n) is 4.61. The van der Waals surface area contributed by atoms with Gasteiger partial charge in [-0.05, 0) is 24.8 Å². The molecule has 14 heavy (non-hydrogen) atoms. The summed E-state index contributed by atoms with van der Waals surface area (Å²) in [4.78, 5) is 0. The first-order chi connectivity index (χ1) is 6.76. The van der Waals surface area contributed by atoms with Crippen LogP contribution in [0.4, 0.5) is 0 Å². The summed E-state index contributed by atoms with van der Waals surface area (Å²) >= 11 is 0. The van der Waals surface area contributed by atoms with Gasteiger partial charge in [0.1, 0.15) is 0 Å². The van der Waals surface area contributed by atoms with Crippen LogP contribution in [0.5, 0.6) is 0 Å². The van der Waals surface area contributed by atoms with Crippen LogP contribution in [0.25, 0.3) is 0 Å². The zero-order valence-electron chi connectivity index (χ0n) is 10.4. The topological polar surface area (TPSA) is 26.0 Å². The summed E-state index contributed by atoms with van der Waals surface area (Å²) in [5.41, 5.74) is 5.79. The fourth-order valence-electron chi connectivity index (χ4n) is 2.13. The molecule has 0 heterocycles. The molecule has 0 aromatic heterocycles. The van der Waals surface area contributed by atoms with E-state index in [9.17, 15) is 0 Å². The van der Waals surface area contributed by atoms with Crippen molar-refractivity contribution >= 4 is 0 Å². The Morgan fingerprint density at radius 1 is 0.929 bits per heavy atom. The highest BCUT2D eigenvalue weighted by Crippen LogP contribution is 2.22. The van der Waals surface area contributed by atoms with Crippen molar-refractivity contribution in [2.24, 2.45) is 17.6 Å². The Kier molecular flexibility index (Phi) is 9.49. The minimum Gasteiger partial charge on any atom is -0.330 e. The van der Waals surface area contributed by atoms with Crippen LogP contribution in [-0.2, 0) is 0 Å². The molecule has 0 aromatic carbocycles. The molecule has 0 spiro atoms. The van der Waals surface area contributed by atoms with Crippen LogP contribution in [0.3, 0.4) is 0 Å². The SMILES string of the molecule is CCCCCCC(C)C(CN)CCC. The van der Waals surface area contributed by atoms with Crippen LogP contribution in [-0.4, -0.2) is 6.54 Å². The number of hydrogen-bond donors (Lipinski definition) is 1. The summed E-state index contributed by atoms with van der Waals surface area (Å²) in [7, 11) is 0. The second-order valence-corrected chi connectivity index (χ2v) is 4.61. The molecule has 86 valence electrons. The lowest BCUT2D eigenvalue weighted by molar-refractivity contribution is 0.313. The minimum absolute atomic E-state index is 0.765. The lowest BCUT2D eigenvalue weighted by atomic mass is 9.86. The highest BCUT2D eigenvalue weighted by atomic mass is 14.6. The molecule has 2 atom stereocenters. The normalized spacial score (nSPS) is 15.4. The maximum Gasteiger partial charge on any atom is -0.00463 e. The number of nitrogens with two attached hydrogens (primary N) is 1. The molecular formula is C13H29N. The van der Waals surface area contributed by atoms with Gasteiger partial charge in [-0.3, -0.25) is 0 Å². The number of rotatable bonds is 9. The van der Waals surface area contributed by atoms with Gasteiger partial charge in [-0.15, -0.1) is 0 Å². The Labute approximate surface area is 90.5 Å². The predicted octanol–water partition coefficient (Wildman–Crippen LogP) is 3.97. The van der Waals surface area contributed by atoms with E-state index in [-0.39, 0.29) is 0 Å². The Morgan fingerprint density at radius 2 is 1.64 bits per heavy atom. The second kappa shape index (κ2) is 9.51. The van der Waals surface area contributed by atoms with E-state index in [1.165, 1.54) is 44.9 Å². The molecule has 1 nitrogen and oxygen atoms in total. The van der Waals surface area contributed by atoms with Gasteiger partial charge in [0.2, 0.25) is 0 Å². The van der Waals surface area contributed by atoms with Crippen LogP contribution in [0.2, 0.25) is 0 Å². The van der Waals surface area contributed by atoms with Crippen molar-refractivity contribution in [3.8, 4) is 0 Å². The first-order valence-corrected chi connectivity index (χ1v) is 6.46. The molecule has 0 aliphatic rings. The zero-order valence-corrected chi connectivity index (χ0v) is 10.4. The summed E-state index contributed by atoms with van der Waals surface area (Å²) in [6, 6.07) is 0. The van der Waals surface area contributed by atoms with E-state index in [0.29, 0.717) is 0 Å². The average molecular weight is 199 g/mol. The lowest BCUT2D eigenvalue weighted by Crippen LogP contribution is -2.21. The maximum atomic E-state index is 5.79. The van der Waals surface area contributed by atoms with E-state index in [0.717, 1.165) is 18.4 Å². The smallest absolute Gasteiger partial charge is 0.00463 e. The van der Waals surface area contributed by atoms with Gasteiger partial charge >= 0.3 is 0 Å². The third kappa shape index (κ3) is 6.42. The molecule has 0 rings (SSSR count). The molecule has 0 aliphatic heterocycles. The zero-order chi connectivity index (χ0) is 10.8. The quantitative estimate of drug-likeness (QED) is 0.559. The number of hydrogen-bond acceptors (Lipinski definition) is 1. The third-order valence-electron chi connectivity index (χ3n) is 3.28. The van der Waals surface area contributed by atoms with E-state index < -0.39 is 0 Å². The molecule has 0 saturated heterocycles. The van der Waals surface area contributed by atoms with Gasteiger partial charge in [0, 0.05) is 0 Å². The van der Waals surface area contributed by atoms with Crippen LogP contribution in [0.1, 0.15) is 65.7 Å². The van der Waals surface area contributed by atoms with Crippen molar-refractivity contribution in [2.75, 3.05) is 6.54 Å². The van der Waals surface area contributed by atoms with Gasteiger partial charge in [-0.1, -0.05) is 59.3 Å². The van der Waals surface area contributed by atoms with Gasteiger partial charge in [-0.2, -0.15) is 0 Å². The van der Waals surface area contributed by atoms with E-state index in [2.05, 4.69) is 20.8 Å². The molecular weight excluding hydrogens is 170 g/mol. The summed E-state index contributed by atoms with van der Waals surface area (Å²) in [5.74, 6) is 1.60. The summed E-state index contributed by atoms with van der Waals surface area (Å²) in [6.07, 6.45) is 9.51. The van der Waals surface area contributed by atoms with Crippen molar-refractivity contribution in [3.05, 3.63) is 0 Å². The Bertz CT molecular complexity index is 112. The highest BCUT2D eigenvalue weighted by Gasteiger charge is 2.13. The van der Waals surface area contributed by atoms with Crippen molar-refractivity contribution in [2.45, 2.75) is 65.7 Å². The molecule has 0 fully saturated rings. The molecule has 0 aromatic rings. The van der Waals surface area contributed by atoms with Crippen molar-refractivity contribution < 1.29 is 0 Å². The monoisotopic (exact) mass is 199 g/mol. The van der Waals surface area contributed by atoms with Crippen LogP contribution in [0, 0.1) is 11.8 Å². The third-order valence-corrected chi connectivity index (χ3v) is 3.28. The first kappa shape index (κ1) is 14.0. The van der Waals surface area contributed by atoms with Crippen LogP contribution < -0.4 is 5.73 Å². The van der Waals surface area contributed by atoms with Gasteiger partial charge in [0.25, 0.3) is 0 Å². The summed E-state index contributed by atoms with van der Waals surface area (Å²) in [6.45, 7) is 7.78. The van der Waals surface area contributed by atoms with E-state index in [1.807, 2.05) is 0 Å². The summed E-state index contributed by atoms with van der Waals surface area (Å²) in [5, 5.41) is 0. The van der Waals surface area contributed by atoms with Crippen molar-refractivity contribution in [1.82, 2.24) is 0 Å². The van der Waals surface area contributed by atoms with Gasteiger partial charge in [0.05, 0.1) is 0 Å². The predicted molar refractivity (Wildman–Crippen MR) is 65.4 cm³/mol. The molecule has 2 unspecified atom stereocenters. The number of unbranched alkanes of at least 4 members (excludes halogenated alkanes) is 3. The molecule has 0 aliphatic carbocycles. The van der Waals surface area contributed by atoms with E-state index in [4.69, 9.17) is 5.73 Å². The lowest BCUT2D eigenvalue weighted by Gasteiger charge is -2.21. The molecule has 0 amide bonds. The Morgan fingerprint density at radius 3 is 2.14 bits per heavy atom. The molecule has 1 heteroatoms. The minimum atomic E-state index is 0.765. The van der Waals surface area contributed by atoms with Gasteiger partial charge < -0.3 is 5.73 Å². The summed E-state index contributed by atoms with van der Waals surface area (Å²) < 4.78 is 0. The Balaban J connectivity index is 3.52. The van der Waals surface area contributed by atoms with Crippen LogP contribution in [0.15, 0.2) is 0 Å². The molecule has 0 bridgehead atoms. The highest BCUT2D eigenvalue weighted by molar-refractivity contribution is 4.67. The fraction of sp³-hybridized carbons (Fsp3) is 1.00. The maximum absolute atomic E-state index is 5.79. The molecule has 0 saturated carbocycles. The van der Waals surface area contributed by atoms with E-state index >= 15 is 0 Å².